The van der Waals surface area contributed by atoms with Crippen LogP contribution in [-0.2, 0) is 18.3 Å². The monoisotopic (exact) mass is 326 g/mol. The Morgan fingerprint density at radius 1 is 1.35 bits per heavy atom. The zero-order valence-electron chi connectivity index (χ0n) is 13.5. The first kappa shape index (κ1) is 17.3. The van der Waals surface area contributed by atoms with Gasteiger partial charge < -0.3 is 15.5 Å². The van der Waals surface area contributed by atoms with Crippen molar-refractivity contribution in [2.24, 2.45) is 7.05 Å². The molecule has 1 aromatic carbocycles. The number of hydrogen-bond acceptors (Lipinski definition) is 5. The van der Waals surface area contributed by atoms with E-state index in [0.29, 0.717) is 10.6 Å². The number of imidazole rings is 1. The number of halogens is 1. The van der Waals surface area contributed by atoms with Crippen molar-refractivity contribution in [3.05, 3.63) is 41.5 Å². The molecule has 23 heavy (non-hydrogen) atoms. The van der Waals surface area contributed by atoms with E-state index in [9.17, 15) is 4.79 Å². The van der Waals surface area contributed by atoms with Crippen LogP contribution in [0, 0.1) is 0 Å². The Labute approximate surface area is 150 Å². The van der Waals surface area contributed by atoms with E-state index in [2.05, 4.69) is 15.2 Å². The van der Waals surface area contributed by atoms with E-state index in [1.54, 1.807) is 18.3 Å². The van der Waals surface area contributed by atoms with Gasteiger partial charge in [0.05, 0.1) is 0 Å². The number of carboxylic acids is 1. The van der Waals surface area contributed by atoms with Gasteiger partial charge in [-0.15, -0.1) is 10.2 Å². The summed E-state index contributed by atoms with van der Waals surface area (Å²) in [4.78, 5) is 14.9. The van der Waals surface area contributed by atoms with Crippen LogP contribution in [0.15, 0.2) is 35.0 Å². The molecule has 0 bridgehead atoms. The summed E-state index contributed by atoms with van der Waals surface area (Å²) >= 11 is 6.14. The number of aryl methyl sites for hydroxylation is 1. The second kappa shape index (κ2) is 7.00. The number of hydrogen-bond donors (Lipinski definition) is 1. The summed E-state index contributed by atoms with van der Waals surface area (Å²) in [6, 6.07) is 5.26. The van der Waals surface area contributed by atoms with Gasteiger partial charge in [-0.05, 0) is 18.2 Å². The third kappa shape index (κ3) is 3.82. The molecule has 0 saturated carbocycles. The van der Waals surface area contributed by atoms with Gasteiger partial charge in [-0.1, -0.05) is 11.6 Å². The van der Waals surface area contributed by atoms with Crippen molar-refractivity contribution in [1.29, 1.82) is 0 Å². The minimum absolute atomic E-state index is 0. The Hall–Kier alpha value is -2.07. The van der Waals surface area contributed by atoms with Crippen LogP contribution in [-0.4, -0.2) is 30.8 Å². The topological polar surface area (TPSA) is 94.0 Å². The van der Waals surface area contributed by atoms with E-state index >= 15 is 0 Å². The van der Waals surface area contributed by atoms with Crippen molar-refractivity contribution >= 4 is 17.6 Å². The second-order valence-electron chi connectivity index (χ2n) is 4.66. The molecule has 7 nitrogen and oxygen atoms in total. The fraction of sp³-hybridized carbons (Fsp3) is 0.143. The molecule has 1 N–H and O–H groups in total. The van der Waals surface area contributed by atoms with Gasteiger partial charge in [0.25, 0.3) is 0 Å². The third-order valence-electron chi connectivity index (χ3n) is 2.99. The normalized spacial score (nSPS) is 10.3. The number of benzene rings is 1. The van der Waals surface area contributed by atoms with Gasteiger partial charge in [-0.2, -0.15) is 0 Å². The molecule has 3 rings (SSSR count). The minimum Gasteiger partial charge on any atom is -1.00 e. The summed E-state index contributed by atoms with van der Waals surface area (Å²) in [7, 11) is 1.88. The first-order chi connectivity index (χ1) is 10.5. The Bertz CT molecular complexity index is 852. The molecule has 0 fully saturated rings. The molecule has 2 heterocycles. The van der Waals surface area contributed by atoms with E-state index in [1.807, 2.05) is 23.9 Å². The summed E-state index contributed by atoms with van der Waals surface area (Å²) in [5.74, 6) is -0.0285. The first-order valence-corrected chi connectivity index (χ1v) is 6.73. The Balaban J connectivity index is 0.00000144. The summed E-state index contributed by atoms with van der Waals surface area (Å²) in [6.07, 6.45) is 3.20. The third-order valence-corrected chi connectivity index (χ3v) is 3.21. The SMILES string of the molecule is Cn1ccnc1-c1cc(Cl)cc(-c2nnc(CC(=O)O)o2)c1.[H-].[Li+]. The smallest absolute Gasteiger partial charge is 1.00 e. The molecular formula is C14H12ClLiN4O3. The fourth-order valence-corrected chi connectivity index (χ4v) is 2.29. The molecule has 0 aliphatic rings. The molecule has 0 atom stereocenters. The molecule has 0 spiro atoms. The first-order valence-electron chi connectivity index (χ1n) is 6.36. The number of aromatic nitrogens is 4. The number of carbonyl (C=O) groups is 1. The molecule has 0 aliphatic carbocycles. The standard InChI is InChI=1S/C14H11ClN4O3.Li.H/c1-19-3-2-16-13(19)8-4-9(6-10(15)5-8)14-18-17-11(22-14)7-12(20)21;;/h2-6H,7H2,1H3,(H,20,21);;/q;+1;-1. The molecule has 0 unspecified atom stereocenters. The fourth-order valence-electron chi connectivity index (χ4n) is 2.06. The predicted octanol–water partition coefficient (Wildman–Crippen LogP) is -0.466. The minimum atomic E-state index is -1.03. The van der Waals surface area contributed by atoms with Crippen molar-refractivity contribution < 1.29 is 34.6 Å². The largest absolute Gasteiger partial charge is 1.00 e. The predicted molar refractivity (Wildman–Crippen MR) is 79.4 cm³/mol. The molecule has 9 heteroatoms. The average Bonchev–Trinajstić information content (AvgIpc) is 3.06. The van der Waals surface area contributed by atoms with E-state index in [1.165, 1.54) is 0 Å². The maximum absolute atomic E-state index is 10.7. The summed E-state index contributed by atoms with van der Waals surface area (Å²) in [6.45, 7) is 0. The molecule has 0 amide bonds. The van der Waals surface area contributed by atoms with Crippen LogP contribution >= 0.6 is 11.6 Å². The molecule has 3 aromatic rings. The Kier molecular flexibility index (Phi) is 5.26. The van der Waals surface area contributed by atoms with Gasteiger partial charge in [0.2, 0.25) is 11.8 Å². The number of aliphatic carboxylic acids is 1. The van der Waals surface area contributed by atoms with Gasteiger partial charge in [0, 0.05) is 35.6 Å². The van der Waals surface area contributed by atoms with Crippen molar-refractivity contribution in [3.8, 4) is 22.8 Å². The van der Waals surface area contributed by atoms with Gasteiger partial charge in [0.1, 0.15) is 12.2 Å². The number of rotatable bonds is 4. The van der Waals surface area contributed by atoms with Crippen LogP contribution in [0.25, 0.3) is 22.8 Å². The summed E-state index contributed by atoms with van der Waals surface area (Å²) in [5, 5.41) is 16.8. The Morgan fingerprint density at radius 2 is 2.09 bits per heavy atom. The van der Waals surface area contributed by atoms with Gasteiger partial charge in [-0.25, -0.2) is 4.98 Å². The number of nitrogens with zero attached hydrogens (tertiary/aromatic N) is 4. The van der Waals surface area contributed by atoms with Gasteiger partial charge in [-0.3, -0.25) is 4.79 Å². The van der Waals surface area contributed by atoms with Crippen LogP contribution in [0.2, 0.25) is 5.02 Å². The second-order valence-corrected chi connectivity index (χ2v) is 5.10. The van der Waals surface area contributed by atoms with E-state index < -0.39 is 5.97 Å². The van der Waals surface area contributed by atoms with E-state index in [4.69, 9.17) is 21.1 Å². The van der Waals surface area contributed by atoms with Crippen LogP contribution < -0.4 is 18.9 Å². The van der Waals surface area contributed by atoms with E-state index in [0.717, 1.165) is 11.4 Å². The molecule has 0 aliphatic heterocycles. The zero-order valence-corrected chi connectivity index (χ0v) is 13.3. The molecule has 2 aromatic heterocycles. The van der Waals surface area contributed by atoms with Crippen LogP contribution in [0.4, 0.5) is 0 Å². The van der Waals surface area contributed by atoms with Crippen molar-refractivity contribution in [1.82, 2.24) is 19.7 Å². The van der Waals surface area contributed by atoms with Crippen molar-refractivity contribution in [2.75, 3.05) is 0 Å². The average molecular weight is 327 g/mol. The Morgan fingerprint density at radius 3 is 2.74 bits per heavy atom. The summed E-state index contributed by atoms with van der Waals surface area (Å²) < 4.78 is 7.21. The molecule has 0 saturated heterocycles. The zero-order chi connectivity index (χ0) is 15.7. The maximum Gasteiger partial charge on any atom is 1.00 e. The number of carboxylic acid groups (broad SMARTS) is 1. The quantitative estimate of drug-likeness (QED) is 0.652. The van der Waals surface area contributed by atoms with Crippen LogP contribution in [0.3, 0.4) is 0 Å². The van der Waals surface area contributed by atoms with Crippen molar-refractivity contribution in [2.45, 2.75) is 6.42 Å². The van der Waals surface area contributed by atoms with Gasteiger partial charge in [0.15, 0.2) is 0 Å². The maximum atomic E-state index is 10.7. The van der Waals surface area contributed by atoms with Crippen molar-refractivity contribution in [3.63, 3.8) is 0 Å². The molecule has 114 valence electrons. The van der Waals surface area contributed by atoms with Crippen LogP contribution in [0.5, 0.6) is 0 Å². The molecule has 0 radical (unpaired) electrons. The van der Waals surface area contributed by atoms with Gasteiger partial charge >= 0.3 is 24.8 Å². The summed E-state index contributed by atoms with van der Waals surface area (Å²) in [5.41, 5.74) is 1.41. The van der Waals surface area contributed by atoms with E-state index in [-0.39, 0.29) is 38.5 Å². The molecular weight excluding hydrogens is 315 g/mol. The van der Waals surface area contributed by atoms with Crippen LogP contribution in [0.1, 0.15) is 7.32 Å².